The van der Waals surface area contributed by atoms with E-state index in [2.05, 4.69) is 22.0 Å². The average Bonchev–Trinajstić information content (AvgIpc) is 2.93. The Kier molecular flexibility index (Phi) is 9.02. The molecule has 1 fully saturated rings. The summed E-state index contributed by atoms with van der Waals surface area (Å²) in [6.45, 7) is 5.08. The van der Waals surface area contributed by atoms with Gasteiger partial charge in [0, 0.05) is 18.8 Å². The summed E-state index contributed by atoms with van der Waals surface area (Å²) in [5.74, 6) is 1.95. The normalized spacial score (nSPS) is 19.0. The van der Waals surface area contributed by atoms with Crippen LogP contribution in [-0.4, -0.2) is 44.5 Å². The van der Waals surface area contributed by atoms with Gasteiger partial charge in [-0.1, -0.05) is 18.7 Å². The van der Waals surface area contributed by atoms with Crippen molar-refractivity contribution in [2.45, 2.75) is 37.5 Å². The van der Waals surface area contributed by atoms with Crippen LogP contribution in [0.25, 0.3) is 0 Å². The highest BCUT2D eigenvalue weighted by molar-refractivity contribution is 7.99. The zero-order valence-electron chi connectivity index (χ0n) is 11.4. The molecule has 1 atom stereocenters. The van der Waals surface area contributed by atoms with Crippen molar-refractivity contribution in [3.05, 3.63) is 5.82 Å². The van der Waals surface area contributed by atoms with Crippen LogP contribution in [0.1, 0.15) is 25.6 Å². The van der Waals surface area contributed by atoms with E-state index in [9.17, 15) is 0 Å². The van der Waals surface area contributed by atoms with Crippen molar-refractivity contribution >= 4 is 36.6 Å². The summed E-state index contributed by atoms with van der Waals surface area (Å²) in [7, 11) is 1.98. The highest BCUT2D eigenvalue weighted by atomic mass is 35.5. The lowest BCUT2D eigenvalue weighted by molar-refractivity contribution is 0.287. The molecule has 0 radical (unpaired) electrons. The smallest absolute Gasteiger partial charge is 0.191 e. The fraction of sp³-hybridized carbons (Fsp3) is 0.818. The zero-order valence-corrected chi connectivity index (χ0v) is 13.9. The van der Waals surface area contributed by atoms with Crippen LogP contribution in [-0.2, 0) is 13.6 Å². The predicted octanol–water partition coefficient (Wildman–Crippen LogP) is 1.69. The summed E-state index contributed by atoms with van der Waals surface area (Å²) in [6.07, 6.45) is 2.63. The van der Waals surface area contributed by atoms with Crippen LogP contribution in [0.4, 0.5) is 0 Å². The van der Waals surface area contributed by atoms with E-state index in [-0.39, 0.29) is 24.8 Å². The second-order valence-electron chi connectivity index (χ2n) is 4.40. The first-order valence-corrected chi connectivity index (χ1v) is 7.20. The van der Waals surface area contributed by atoms with Crippen LogP contribution in [0.5, 0.6) is 0 Å². The molecule has 0 bridgehead atoms. The van der Waals surface area contributed by atoms with Gasteiger partial charge in [0.2, 0.25) is 0 Å². The number of thioether (sulfide) groups is 1. The minimum absolute atomic E-state index is 0. The Labute approximate surface area is 131 Å². The first kappa shape index (κ1) is 19.0. The Hall–Kier alpha value is -0.0100. The van der Waals surface area contributed by atoms with Crippen molar-refractivity contribution in [2.24, 2.45) is 12.8 Å². The molecule has 0 spiro atoms. The van der Waals surface area contributed by atoms with Crippen LogP contribution < -0.4 is 5.73 Å². The molecular formula is C11H23Cl2N5S. The molecule has 19 heavy (non-hydrogen) atoms. The number of hydrogen-bond donors (Lipinski definition) is 1. The standard InChI is InChI=1S/C11H21N5S.2ClH/c1-3-16-6-4-5-9(16)8-17-11-14-13-10(7-12)15(11)2;;/h9H,3-8,12H2,1-2H3;2*1H. The molecule has 2 N–H and O–H groups in total. The van der Waals surface area contributed by atoms with Gasteiger partial charge in [0.05, 0.1) is 6.54 Å². The summed E-state index contributed by atoms with van der Waals surface area (Å²) in [5.41, 5.74) is 5.59. The zero-order chi connectivity index (χ0) is 12.3. The maximum atomic E-state index is 5.59. The van der Waals surface area contributed by atoms with Crippen molar-refractivity contribution < 1.29 is 0 Å². The van der Waals surface area contributed by atoms with E-state index in [1.54, 1.807) is 11.8 Å². The second-order valence-corrected chi connectivity index (χ2v) is 5.38. The fourth-order valence-corrected chi connectivity index (χ4v) is 3.44. The molecular weight excluding hydrogens is 305 g/mol. The van der Waals surface area contributed by atoms with Gasteiger partial charge >= 0.3 is 0 Å². The highest BCUT2D eigenvalue weighted by Gasteiger charge is 2.23. The van der Waals surface area contributed by atoms with E-state index in [1.807, 2.05) is 11.6 Å². The largest absolute Gasteiger partial charge is 0.324 e. The van der Waals surface area contributed by atoms with Gasteiger partial charge in [0.1, 0.15) is 5.82 Å². The maximum Gasteiger partial charge on any atom is 0.191 e. The third-order valence-corrected chi connectivity index (χ3v) is 4.58. The maximum absolute atomic E-state index is 5.59. The van der Waals surface area contributed by atoms with E-state index in [4.69, 9.17) is 5.73 Å². The molecule has 0 amide bonds. The molecule has 1 aromatic heterocycles. The molecule has 1 aliphatic heterocycles. The highest BCUT2D eigenvalue weighted by Crippen LogP contribution is 2.24. The van der Waals surface area contributed by atoms with Gasteiger partial charge in [0.15, 0.2) is 5.16 Å². The molecule has 1 aromatic rings. The summed E-state index contributed by atoms with van der Waals surface area (Å²) in [4.78, 5) is 2.55. The van der Waals surface area contributed by atoms with E-state index in [0.717, 1.165) is 23.3 Å². The number of halogens is 2. The Morgan fingerprint density at radius 3 is 2.68 bits per heavy atom. The molecule has 1 saturated heterocycles. The fourth-order valence-electron chi connectivity index (χ4n) is 2.32. The van der Waals surface area contributed by atoms with E-state index >= 15 is 0 Å². The Balaban J connectivity index is 0.00000162. The number of rotatable bonds is 5. The molecule has 1 aliphatic rings. The van der Waals surface area contributed by atoms with E-state index < -0.39 is 0 Å². The number of aromatic nitrogens is 3. The first-order valence-electron chi connectivity index (χ1n) is 6.21. The molecule has 2 heterocycles. The monoisotopic (exact) mass is 327 g/mol. The van der Waals surface area contributed by atoms with Crippen LogP contribution in [0, 0.1) is 0 Å². The average molecular weight is 328 g/mol. The van der Waals surface area contributed by atoms with Crippen LogP contribution in [0.15, 0.2) is 5.16 Å². The molecule has 0 aliphatic carbocycles. The SMILES string of the molecule is CCN1CCCC1CSc1nnc(CN)n1C.Cl.Cl. The van der Waals surface area contributed by atoms with Crippen LogP contribution in [0.3, 0.4) is 0 Å². The van der Waals surface area contributed by atoms with Crippen LogP contribution >= 0.6 is 36.6 Å². The minimum atomic E-state index is 0. The van der Waals surface area contributed by atoms with Crippen molar-refractivity contribution in [1.29, 1.82) is 0 Å². The summed E-state index contributed by atoms with van der Waals surface area (Å²) in [5, 5.41) is 9.23. The van der Waals surface area contributed by atoms with E-state index in [0.29, 0.717) is 12.6 Å². The van der Waals surface area contributed by atoms with Gasteiger partial charge in [-0.05, 0) is 25.9 Å². The quantitative estimate of drug-likeness (QED) is 0.834. The number of hydrogen-bond acceptors (Lipinski definition) is 5. The molecule has 2 rings (SSSR count). The lowest BCUT2D eigenvalue weighted by Gasteiger charge is -2.21. The summed E-state index contributed by atoms with van der Waals surface area (Å²) >= 11 is 1.79. The number of likely N-dealkylation sites (tertiary alicyclic amines) is 1. The van der Waals surface area contributed by atoms with Gasteiger partial charge < -0.3 is 10.3 Å². The van der Waals surface area contributed by atoms with Gasteiger partial charge in [-0.25, -0.2) is 0 Å². The third-order valence-electron chi connectivity index (χ3n) is 3.42. The van der Waals surface area contributed by atoms with Crippen molar-refractivity contribution in [3.63, 3.8) is 0 Å². The Morgan fingerprint density at radius 1 is 1.37 bits per heavy atom. The van der Waals surface area contributed by atoms with Crippen molar-refractivity contribution in [3.8, 4) is 0 Å². The van der Waals surface area contributed by atoms with Gasteiger partial charge in [-0.3, -0.25) is 4.90 Å². The van der Waals surface area contributed by atoms with E-state index in [1.165, 1.54) is 19.4 Å². The van der Waals surface area contributed by atoms with Crippen molar-refractivity contribution in [1.82, 2.24) is 19.7 Å². The molecule has 112 valence electrons. The molecule has 1 unspecified atom stereocenters. The second kappa shape index (κ2) is 9.02. The lowest BCUT2D eigenvalue weighted by atomic mass is 10.2. The van der Waals surface area contributed by atoms with Gasteiger partial charge in [-0.15, -0.1) is 35.0 Å². The van der Waals surface area contributed by atoms with Gasteiger partial charge in [0.25, 0.3) is 0 Å². The predicted molar refractivity (Wildman–Crippen MR) is 84.4 cm³/mol. The summed E-state index contributed by atoms with van der Waals surface area (Å²) < 4.78 is 2.00. The molecule has 0 aromatic carbocycles. The topological polar surface area (TPSA) is 60.0 Å². The number of nitrogens with zero attached hydrogens (tertiary/aromatic N) is 4. The van der Waals surface area contributed by atoms with Crippen molar-refractivity contribution in [2.75, 3.05) is 18.8 Å². The Morgan fingerprint density at radius 2 is 2.11 bits per heavy atom. The summed E-state index contributed by atoms with van der Waals surface area (Å²) in [6, 6.07) is 0.697. The molecule has 8 heteroatoms. The molecule has 0 saturated carbocycles. The minimum Gasteiger partial charge on any atom is -0.324 e. The first-order chi connectivity index (χ1) is 8.26. The van der Waals surface area contributed by atoms with Gasteiger partial charge in [-0.2, -0.15) is 0 Å². The van der Waals surface area contributed by atoms with Crippen LogP contribution in [0.2, 0.25) is 0 Å². The number of nitrogens with two attached hydrogens (primary N) is 1. The lowest BCUT2D eigenvalue weighted by Crippen LogP contribution is -2.30. The third kappa shape index (κ3) is 4.49. The Bertz CT molecular complexity index is 374. The molecule has 5 nitrogen and oxygen atoms in total.